The highest BCUT2D eigenvalue weighted by molar-refractivity contribution is 4.80. The van der Waals surface area contributed by atoms with E-state index in [1.165, 1.54) is 122 Å². The van der Waals surface area contributed by atoms with Crippen LogP contribution in [-0.4, -0.2) is 0 Å². The second-order valence-corrected chi connectivity index (χ2v) is 7.64. The lowest BCUT2D eigenvalue weighted by Gasteiger charge is -1.99. The number of unbranched alkanes of at least 4 members (excludes halogenated alkanes) is 16. The van der Waals surface area contributed by atoms with Crippen molar-refractivity contribution in [3.8, 4) is 0 Å². The summed E-state index contributed by atoms with van der Waals surface area (Å²) in [6.45, 7) is 9.06. The molecule has 0 aromatic rings. The predicted octanol–water partition coefficient (Wildman–Crippen LogP) is 10.0. The van der Waals surface area contributed by atoms with Crippen LogP contribution in [0.3, 0.4) is 0 Å². The van der Waals surface area contributed by atoms with E-state index in [1.807, 2.05) is 0 Å². The third-order valence-electron chi connectivity index (χ3n) is 4.80. The SMILES string of the molecule is CCC/C=C/CCCCCCCC.CCCCCCCCCCCC. The Hall–Kier alpha value is -0.260. The zero-order valence-electron chi connectivity index (χ0n) is 18.6. The van der Waals surface area contributed by atoms with Gasteiger partial charge in [-0.2, -0.15) is 0 Å². The Morgan fingerprint density at radius 1 is 0.320 bits per heavy atom. The molecule has 0 spiro atoms. The summed E-state index contributed by atoms with van der Waals surface area (Å²) in [6, 6.07) is 0. The van der Waals surface area contributed by atoms with E-state index >= 15 is 0 Å². The van der Waals surface area contributed by atoms with E-state index in [-0.39, 0.29) is 0 Å². The van der Waals surface area contributed by atoms with E-state index in [0.29, 0.717) is 0 Å². The van der Waals surface area contributed by atoms with Gasteiger partial charge < -0.3 is 0 Å². The minimum Gasteiger partial charge on any atom is -0.0885 e. The first kappa shape index (κ1) is 27.0. The highest BCUT2D eigenvalue weighted by Crippen LogP contribution is 2.10. The molecule has 0 N–H and O–H groups in total. The highest BCUT2D eigenvalue weighted by Gasteiger charge is 1.90. The molecule has 0 aliphatic heterocycles. The number of hydrogen-bond acceptors (Lipinski definition) is 0. The molecule has 0 aromatic heterocycles. The van der Waals surface area contributed by atoms with Gasteiger partial charge in [-0.05, 0) is 19.3 Å². The second kappa shape index (κ2) is 28.5. The molecule has 25 heavy (non-hydrogen) atoms. The molecule has 0 saturated carbocycles. The normalized spacial score (nSPS) is 10.9. The Morgan fingerprint density at radius 3 is 1.00 bits per heavy atom. The maximum Gasteiger partial charge on any atom is -0.0351 e. The van der Waals surface area contributed by atoms with E-state index in [0.717, 1.165) is 0 Å². The van der Waals surface area contributed by atoms with E-state index < -0.39 is 0 Å². The van der Waals surface area contributed by atoms with E-state index in [1.54, 1.807) is 0 Å². The van der Waals surface area contributed by atoms with Gasteiger partial charge in [-0.25, -0.2) is 0 Å². The monoisotopic (exact) mass is 352 g/mol. The molecule has 0 fully saturated rings. The fraction of sp³-hybridized carbons (Fsp3) is 0.920. The number of rotatable bonds is 18. The number of allylic oxidation sites excluding steroid dienone is 2. The summed E-state index contributed by atoms with van der Waals surface area (Å²) in [7, 11) is 0. The number of hydrogen-bond donors (Lipinski definition) is 0. The smallest absolute Gasteiger partial charge is 0.0351 e. The lowest BCUT2D eigenvalue weighted by atomic mass is 10.1. The van der Waals surface area contributed by atoms with Gasteiger partial charge in [0.1, 0.15) is 0 Å². The minimum absolute atomic E-state index is 1.26. The maximum atomic E-state index is 2.35. The first-order valence-corrected chi connectivity index (χ1v) is 12.0. The molecule has 0 unspecified atom stereocenters. The quantitative estimate of drug-likeness (QED) is 0.170. The fourth-order valence-corrected chi connectivity index (χ4v) is 3.01. The van der Waals surface area contributed by atoms with Gasteiger partial charge in [0.2, 0.25) is 0 Å². The molecule has 0 aliphatic rings. The standard InChI is InChI=1S/C13H26.C12H26/c1-3-5-7-9-11-13-12-10-8-6-4-2;1-3-5-7-9-11-12-10-8-6-4-2/h7,9H,3-6,8,10-13H2,1-2H3;3-12H2,1-2H3/b9-7+;. The summed E-state index contributed by atoms with van der Waals surface area (Å²) >= 11 is 0. The molecule has 0 atom stereocenters. The zero-order valence-corrected chi connectivity index (χ0v) is 18.6. The summed E-state index contributed by atoms with van der Waals surface area (Å²) in [4.78, 5) is 0. The third kappa shape index (κ3) is 31.9. The molecule has 0 saturated heterocycles. The molecule has 0 aliphatic carbocycles. The van der Waals surface area contributed by atoms with Crippen molar-refractivity contribution in [1.82, 2.24) is 0 Å². The van der Waals surface area contributed by atoms with Gasteiger partial charge in [-0.1, -0.05) is 143 Å². The van der Waals surface area contributed by atoms with Gasteiger partial charge in [0.25, 0.3) is 0 Å². The lowest BCUT2D eigenvalue weighted by molar-refractivity contribution is 0.562. The zero-order chi connectivity index (χ0) is 18.8. The van der Waals surface area contributed by atoms with E-state index in [4.69, 9.17) is 0 Å². The Balaban J connectivity index is 0. The summed E-state index contributed by atoms with van der Waals surface area (Å²) in [5.74, 6) is 0. The molecule has 0 amide bonds. The van der Waals surface area contributed by atoms with Crippen molar-refractivity contribution in [2.75, 3.05) is 0 Å². The molecule has 0 bridgehead atoms. The molecular formula is C25H52. The van der Waals surface area contributed by atoms with Crippen molar-refractivity contribution in [1.29, 1.82) is 0 Å². The van der Waals surface area contributed by atoms with Crippen LogP contribution in [0.25, 0.3) is 0 Å². The first-order chi connectivity index (χ1) is 12.3. The van der Waals surface area contributed by atoms with Crippen LogP contribution in [-0.2, 0) is 0 Å². The van der Waals surface area contributed by atoms with Gasteiger partial charge in [0, 0.05) is 0 Å². The van der Waals surface area contributed by atoms with Crippen molar-refractivity contribution in [2.45, 2.75) is 150 Å². The third-order valence-corrected chi connectivity index (χ3v) is 4.80. The first-order valence-electron chi connectivity index (χ1n) is 12.0. The van der Waals surface area contributed by atoms with Crippen molar-refractivity contribution in [3.63, 3.8) is 0 Å². The maximum absolute atomic E-state index is 2.35. The Morgan fingerprint density at radius 2 is 0.640 bits per heavy atom. The molecule has 0 heteroatoms. The van der Waals surface area contributed by atoms with Crippen LogP contribution in [0.2, 0.25) is 0 Å². The summed E-state index contributed by atoms with van der Waals surface area (Å²) in [5.41, 5.74) is 0. The van der Waals surface area contributed by atoms with Gasteiger partial charge in [0.15, 0.2) is 0 Å². The van der Waals surface area contributed by atoms with E-state index in [2.05, 4.69) is 39.8 Å². The molecule has 0 rings (SSSR count). The van der Waals surface area contributed by atoms with Gasteiger partial charge >= 0.3 is 0 Å². The second-order valence-electron chi connectivity index (χ2n) is 7.64. The topological polar surface area (TPSA) is 0 Å². The van der Waals surface area contributed by atoms with Gasteiger partial charge in [0.05, 0.1) is 0 Å². The van der Waals surface area contributed by atoms with Crippen molar-refractivity contribution >= 4 is 0 Å². The van der Waals surface area contributed by atoms with Crippen molar-refractivity contribution in [2.24, 2.45) is 0 Å². The molecule has 0 aromatic carbocycles. The van der Waals surface area contributed by atoms with Gasteiger partial charge in [-0.3, -0.25) is 0 Å². The van der Waals surface area contributed by atoms with Gasteiger partial charge in [-0.15, -0.1) is 0 Å². The molecule has 0 radical (unpaired) electrons. The summed E-state index contributed by atoms with van der Waals surface area (Å²) in [6.07, 6.45) is 31.4. The van der Waals surface area contributed by atoms with Crippen LogP contribution in [0.1, 0.15) is 150 Å². The molecule has 152 valence electrons. The average Bonchev–Trinajstić information content (AvgIpc) is 2.63. The highest BCUT2D eigenvalue weighted by atomic mass is 14.0. The van der Waals surface area contributed by atoms with Crippen LogP contribution >= 0.6 is 0 Å². The largest absolute Gasteiger partial charge is 0.0885 e. The Labute approximate surface area is 162 Å². The predicted molar refractivity (Wildman–Crippen MR) is 120 cm³/mol. The molecule has 0 heterocycles. The van der Waals surface area contributed by atoms with Crippen LogP contribution < -0.4 is 0 Å². The van der Waals surface area contributed by atoms with E-state index in [9.17, 15) is 0 Å². The van der Waals surface area contributed by atoms with Crippen LogP contribution in [0, 0.1) is 0 Å². The molecule has 0 nitrogen and oxygen atoms in total. The summed E-state index contributed by atoms with van der Waals surface area (Å²) < 4.78 is 0. The van der Waals surface area contributed by atoms with Crippen molar-refractivity contribution < 1.29 is 0 Å². The lowest BCUT2D eigenvalue weighted by Crippen LogP contribution is -1.80. The van der Waals surface area contributed by atoms with Crippen molar-refractivity contribution in [3.05, 3.63) is 12.2 Å². The Kier molecular flexibility index (Phi) is 30.8. The van der Waals surface area contributed by atoms with Crippen LogP contribution in [0.5, 0.6) is 0 Å². The average molecular weight is 353 g/mol. The van der Waals surface area contributed by atoms with Crippen LogP contribution in [0.4, 0.5) is 0 Å². The molecular weight excluding hydrogens is 300 g/mol. The minimum atomic E-state index is 1.26. The Bertz CT molecular complexity index is 206. The summed E-state index contributed by atoms with van der Waals surface area (Å²) in [5, 5.41) is 0. The van der Waals surface area contributed by atoms with Crippen LogP contribution in [0.15, 0.2) is 12.2 Å². The fourth-order valence-electron chi connectivity index (χ4n) is 3.01.